The molecule has 1 amide bonds. The van der Waals surface area contributed by atoms with Crippen LogP contribution in [0.25, 0.3) is 0 Å². The lowest BCUT2D eigenvalue weighted by atomic mass is 9.89. The first-order chi connectivity index (χ1) is 19.1. The Labute approximate surface area is 237 Å². The van der Waals surface area contributed by atoms with E-state index in [-0.39, 0.29) is 47.6 Å². The zero-order chi connectivity index (χ0) is 28.9. The number of hydrogen-bond donors (Lipinski definition) is 2. The Bertz CT molecular complexity index is 1250. The van der Waals surface area contributed by atoms with Crippen molar-refractivity contribution in [2.75, 3.05) is 38.0 Å². The molecular weight excluding hydrogens is 533 g/mol. The molecule has 8 nitrogen and oxygen atoms in total. The van der Waals surface area contributed by atoms with Crippen molar-refractivity contribution in [3.63, 3.8) is 0 Å². The van der Waals surface area contributed by atoms with Gasteiger partial charge in [0.1, 0.15) is 17.7 Å². The summed E-state index contributed by atoms with van der Waals surface area (Å²) in [6.45, 7) is 5.86. The highest BCUT2D eigenvalue weighted by atomic mass is 32.2. The molecule has 2 aromatic rings. The lowest BCUT2D eigenvalue weighted by Gasteiger charge is -2.35. The first-order valence-corrected chi connectivity index (χ1v) is 15.7. The van der Waals surface area contributed by atoms with Crippen LogP contribution in [-0.4, -0.2) is 74.7 Å². The second-order valence-corrected chi connectivity index (χ2v) is 13.2. The summed E-state index contributed by atoms with van der Waals surface area (Å²) < 4.78 is 48.3. The third kappa shape index (κ3) is 7.73. The fourth-order valence-corrected chi connectivity index (χ4v) is 6.78. The molecule has 2 N–H and O–H groups in total. The number of nitrogens with zero attached hydrogens (tertiary/aromatic N) is 2. The predicted octanol–water partition coefficient (Wildman–Crippen LogP) is 4.29. The molecule has 2 aromatic carbocycles. The average molecular weight is 576 g/mol. The van der Waals surface area contributed by atoms with Gasteiger partial charge in [0.15, 0.2) is 0 Å². The number of aliphatic hydroxyl groups excluding tert-OH is 1. The molecule has 4 rings (SSSR count). The summed E-state index contributed by atoms with van der Waals surface area (Å²) in [5.41, 5.74) is 0.841. The number of fused-ring (bicyclic) bond motifs is 1. The number of sulfonamides is 1. The maximum absolute atomic E-state index is 13.4. The quantitative estimate of drug-likeness (QED) is 0.463. The molecule has 3 atom stereocenters. The number of amides is 1. The fraction of sp³-hybridized carbons (Fsp3) is 0.567. The van der Waals surface area contributed by atoms with Crippen LogP contribution in [0.3, 0.4) is 0 Å². The Hall–Kier alpha value is -2.69. The van der Waals surface area contributed by atoms with Crippen LogP contribution in [0.5, 0.6) is 5.75 Å². The van der Waals surface area contributed by atoms with Crippen LogP contribution in [0.15, 0.2) is 47.4 Å². The van der Waals surface area contributed by atoms with Gasteiger partial charge in [0.05, 0.1) is 24.0 Å². The van der Waals surface area contributed by atoms with Crippen LogP contribution in [-0.2, 0) is 21.2 Å². The van der Waals surface area contributed by atoms with E-state index in [9.17, 15) is 22.7 Å². The van der Waals surface area contributed by atoms with Gasteiger partial charge in [-0.25, -0.2) is 12.8 Å². The van der Waals surface area contributed by atoms with Gasteiger partial charge >= 0.3 is 0 Å². The van der Waals surface area contributed by atoms with E-state index in [1.165, 1.54) is 44.2 Å². The second-order valence-electron chi connectivity index (χ2n) is 11.5. The fourth-order valence-electron chi connectivity index (χ4n) is 5.73. The van der Waals surface area contributed by atoms with E-state index in [2.05, 4.69) is 23.6 Å². The average Bonchev–Trinajstić information content (AvgIpc) is 2.96. The minimum absolute atomic E-state index is 0.00312. The van der Waals surface area contributed by atoms with Crippen LogP contribution in [0.1, 0.15) is 51.5 Å². The van der Waals surface area contributed by atoms with Gasteiger partial charge in [0.2, 0.25) is 5.91 Å². The van der Waals surface area contributed by atoms with E-state index in [1.807, 2.05) is 6.92 Å². The summed E-state index contributed by atoms with van der Waals surface area (Å²) in [7, 11) is -1.85. The topological polar surface area (TPSA) is 99.2 Å². The zero-order valence-electron chi connectivity index (χ0n) is 23.7. The summed E-state index contributed by atoms with van der Waals surface area (Å²) in [4.78, 5) is 17.4. The summed E-state index contributed by atoms with van der Waals surface area (Å²) in [5.74, 6) is 0.533. The van der Waals surface area contributed by atoms with Crippen LogP contribution < -0.4 is 9.46 Å². The van der Waals surface area contributed by atoms with Crippen molar-refractivity contribution in [2.45, 2.75) is 69.4 Å². The molecule has 0 unspecified atom stereocenters. The number of likely N-dealkylation sites (N-methyl/N-ethyl adjacent to an activating group) is 1. The third-order valence-electron chi connectivity index (χ3n) is 8.08. The van der Waals surface area contributed by atoms with E-state index in [0.29, 0.717) is 30.3 Å². The highest BCUT2D eigenvalue weighted by Crippen LogP contribution is 2.31. The molecule has 0 spiro atoms. The molecule has 0 bridgehead atoms. The normalized spacial score (nSPS) is 21.6. The number of carbonyl (C=O) groups is 1. The highest BCUT2D eigenvalue weighted by Gasteiger charge is 2.31. The number of rotatable bonds is 9. The van der Waals surface area contributed by atoms with Crippen molar-refractivity contribution < 1.29 is 27.4 Å². The lowest BCUT2D eigenvalue weighted by Crippen LogP contribution is -2.48. The second kappa shape index (κ2) is 13.3. The zero-order valence-corrected chi connectivity index (χ0v) is 24.5. The number of carbonyl (C=O) groups excluding carboxylic acids is 1. The van der Waals surface area contributed by atoms with Crippen molar-refractivity contribution in [1.29, 1.82) is 0 Å². The number of hydrogen-bond acceptors (Lipinski definition) is 6. The Morgan fingerprint density at radius 3 is 2.50 bits per heavy atom. The van der Waals surface area contributed by atoms with Crippen LogP contribution >= 0.6 is 0 Å². The van der Waals surface area contributed by atoms with E-state index >= 15 is 0 Å². The van der Waals surface area contributed by atoms with Crippen molar-refractivity contribution in [3.8, 4) is 5.75 Å². The monoisotopic (exact) mass is 575 g/mol. The van der Waals surface area contributed by atoms with Crippen LogP contribution in [0.4, 0.5) is 10.1 Å². The van der Waals surface area contributed by atoms with Gasteiger partial charge in [-0.05, 0) is 75.2 Å². The molecular formula is C30H42FN3O5S. The van der Waals surface area contributed by atoms with Gasteiger partial charge in [-0.15, -0.1) is 0 Å². The Morgan fingerprint density at radius 2 is 1.82 bits per heavy atom. The van der Waals surface area contributed by atoms with Gasteiger partial charge in [-0.3, -0.25) is 9.52 Å². The molecule has 0 radical (unpaired) electrons. The summed E-state index contributed by atoms with van der Waals surface area (Å²) in [6, 6.07) is 9.16. The predicted molar refractivity (Wildman–Crippen MR) is 153 cm³/mol. The number of halogens is 1. The molecule has 1 heterocycles. The summed E-state index contributed by atoms with van der Waals surface area (Å²) in [5, 5.41) is 9.88. The maximum atomic E-state index is 13.4. The number of nitrogens with one attached hydrogen (secondary N) is 1. The smallest absolute Gasteiger partial charge is 0.261 e. The molecule has 1 aliphatic heterocycles. The summed E-state index contributed by atoms with van der Waals surface area (Å²) in [6.07, 6.45) is 6.17. The highest BCUT2D eigenvalue weighted by molar-refractivity contribution is 7.92. The largest absolute Gasteiger partial charge is 0.488 e. The van der Waals surface area contributed by atoms with Crippen molar-refractivity contribution >= 4 is 21.6 Å². The van der Waals surface area contributed by atoms with Gasteiger partial charge in [-0.2, -0.15) is 0 Å². The molecule has 0 aromatic heterocycles. The number of benzene rings is 2. The Morgan fingerprint density at radius 1 is 1.12 bits per heavy atom. The van der Waals surface area contributed by atoms with Gasteiger partial charge < -0.3 is 19.6 Å². The molecule has 1 aliphatic carbocycles. The molecule has 2 aliphatic rings. The Kier molecular flexibility index (Phi) is 10.1. The van der Waals surface area contributed by atoms with E-state index in [0.717, 1.165) is 18.7 Å². The van der Waals surface area contributed by atoms with Gasteiger partial charge in [-0.1, -0.05) is 26.2 Å². The van der Waals surface area contributed by atoms with Crippen molar-refractivity contribution in [2.24, 2.45) is 11.8 Å². The first-order valence-electron chi connectivity index (χ1n) is 14.2. The maximum Gasteiger partial charge on any atom is 0.261 e. The van der Waals surface area contributed by atoms with Crippen molar-refractivity contribution in [3.05, 3.63) is 53.8 Å². The van der Waals surface area contributed by atoms with Crippen molar-refractivity contribution in [1.82, 2.24) is 9.80 Å². The standard InChI is InChI=1S/C30H42FN3O5S/c1-21-17-34(22(2)20-35)30(36)16-24-15-26(32-40(37,38)27-12-9-25(31)10-13-27)11-14-28(24)39-29(21)19-33(3)18-23-7-5-4-6-8-23/h9-15,21-23,29,32,35H,4-8,16-20H2,1-3H3/t21-,22+,29-/m1/s1. The molecule has 1 saturated carbocycles. The van der Waals surface area contributed by atoms with E-state index in [4.69, 9.17) is 4.74 Å². The molecule has 0 saturated heterocycles. The molecule has 220 valence electrons. The van der Waals surface area contributed by atoms with Gasteiger partial charge in [0.25, 0.3) is 10.0 Å². The molecule has 40 heavy (non-hydrogen) atoms. The van der Waals surface area contributed by atoms with E-state index in [1.54, 1.807) is 23.1 Å². The minimum Gasteiger partial charge on any atom is -0.488 e. The molecule has 1 fully saturated rings. The SMILES string of the molecule is C[C@@H]1CN([C@@H](C)CO)C(=O)Cc2cc(NS(=O)(=O)c3ccc(F)cc3)ccc2O[C@@H]1CN(C)CC1CCCCC1. The lowest BCUT2D eigenvalue weighted by molar-refractivity contribution is -0.134. The van der Waals surface area contributed by atoms with Crippen LogP contribution in [0.2, 0.25) is 0 Å². The minimum atomic E-state index is -3.96. The Balaban J connectivity index is 1.60. The summed E-state index contributed by atoms with van der Waals surface area (Å²) >= 11 is 0. The molecule has 10 heteroatoms. The number of anilines is 1. The van der Waals surface area contributed by atoms with Gasteiger partial charge in [0, 0.05) is 36.8 Å². The number of aliphatic hydroxyl groups is 1. The third-order valence-corrected chi connectivity index (χ3v) is 9.48. The number of ether oxygens (including phenoxy) is 1. The first kappa shape index (κ1) is 30.3. The van der Waals surface area contributed by atoms with Crippen LogP contribution in [0, 0.1) is 17.7 Å². The van der Waals surface area contributed by atoms with E-state index < -0.39 is 15.8 Å².